The molecule has 0 aromatic carbocycles. The molecular weight excluding hydrogens is 284 g/mol. The summed E-state index contributed by atoms with van der Waals surface area (Å²) >= 11 is 0. The molecule has 0 aromatic heterocycles. The van der Waals surface area contributed by atoms with E-state index in [0.717, 1.165) is 12.8 Å². The van der Waals surface area contributed by atoms with Crippen molar-refractivity contribution in [3.63, 3.8) is 0 Å². The molecule has 1 aliphatic carbocycles. The highest BCUT2D eigenvalue weighted by Gasteiger charge is 2.56. The molecule has 0 amide bonds. The number of hydrogen-bond acceptors (Lipinski definition) is 5. The van der Waals surface area contributed by atoms with Crippen molar-refractivity contribution in [2.24, 2.45) is 23.2 Å². The van der Waals surface area contributed by atoms with Crippen molar-refractivity contribution in [3.05, 3.63) is 12.2 Å². The number of carbonyl (C=O) groups is 1. The number of esters is 1. The minimum Gasteiger partial charge on any atom is -0.458 e. The van der Waals surface area contributed by atoms with Gasteiger partial charge in [-0.05, 0) is 31.6 Å². The van der Waals surface area contributed by atoms with Crippen molar-refractivity contribution >= 4 is 5.97 Å². The third-order valence-corrected chi connectivity index (χ3v) is 5.86. The summed E-state index contributed by atoms with van der Waals surface area (Å²) in [6.45, 7) is 10.6. The lowest BCUT2D eigenvalue weighted by Gasteiger charge is -2.49. The van der Waals surface area contributed by atoms with E-state index >= 15 is 0 Å². The molecule has 124 valence electrons. The van der Waals surface area contributed by atoms with Crippen LogP contribution in [-0.4, -0.2) is 36.4 Å². The first-order valence-electron chi connectivity index (χ1n) is 8.21. The smallest absolute Gasteiger partial charge is 0.334 e. The van der Waals surface area contributed by atoms with E-state index in [-0.39, 0.29) is 30.2 Å². The van der Waals surface area contributed by atoms with E-state index < -0.39 is 11.7 Å². The average Bonchev–Trinajstić information content (AvgIpc) is 2.64. The highest BCUT2D eigenvalue weighted by molar-refractivity contribution is 5.90. The Morgan fingerprint density at radius 1 is 1.45 bits per heavy atom. The van der Waals surface area contributed by atoms with Crippen LogP contribution in [0.5, 0.6) is 0 Å². The van der Waals surface area contributed by atoms with E-state index in [1.165, 1.54) is 0 Å². The van der Waals surface area contributed by atoms with Crippen molar-refractivity contribution in [1.82, 2.24) is 0 Å². The first-order valence-corrected chi connectivity index (χ1v) is 8.21. The third-order valence-electron chi connectivity index (χ3n) is 5.86. The zero-order valence-corrected chi connectivity index (χ0v) is 13.6. The van der Waals surface area contributed by atoms with Crippen LogP contribution in [0.2, 0.25) is 0 Å². The van der Waals surface area contributed by atoms with Gasteiger partial charge in [0.25, 0.3) is 0 Å². The van der Waals surface area contributed by atoms with Crippen LogP contribution in [0.25, 0.3) is 0 Å². The second-order valence-electron chi connectivity index (χ2n) is 7.21. The van der Waals surface area contributed by atoms with E-state index in [1.54, 1.807) is 0 Å². The molecule has 0 bridgehead atoms. The molecule has 22 heavy (non-hydrogen) atoms. The van der Waals surface area contributed by atoms with Gasteiger partial charge in [-0.25, -0.2) is 4.79 Å². The van der Waals surface area contributed by atoms with Gasteiger partial charge < -0.3 is 19.3 Å². The molecule has 5 nitrogen and oxygen atoms in total. The van der Waals surface area contributed by atoms with E-state index in [2.05, 4.69) is 20.4 Å². The van der Waals surface area contributed by atoms with Gasteiger partial charge in [-0.2, -0.15) is 0 Å². The van der Waals surface area contributed by atoms with Crippen molar-refractivity contribution in [2.75, 3.05) is 6.61 Å². The van der Waals surface area contributed by atoms with Gasteiger partial charge in [0.2, 0.25) is 0 Å². The summed E-state index contributed by atoms with van der Waals surface area (Å²) in [6, 6.07) is 0. The molecule has 1 saturated carbocycles. The quantitative estimate of drug-likeness (QED) is 0.626. The molecule has 0 aromatic rings. The lowest BCUT2D eigenvalue weighted by atomic mass is 9.65. The Balaban J connectivity index is 1.89. The first kappa shape index (κ1) is 16.0. The molecule has 7 unspecified atom stereocenters. The number of ether oxygens (including phenoxy) is 3. The normalized spacial score (nSPS) is 48.4. The fourth-order valence-electron chi connectivity index (χ4n) is 4.58. The Morgan fingerprint density at radius 2 is 2.18 bits per heavy atom. The zero-order valence-electron chi connectivity index (χ0n) is 13.6. The van der Waals surface area contributed by atoms with Crippen LogP contribution in [0, 0.1) is 23.2 Å². The second kappa shape index (κ2) is 5.62. The maximum absolute atomic E-state index is 11.8. The fraction of sp³-hybridized carbons (Fsp3) is 0.824. The van der Waals surface area contributed by atoms with Crippen LogP contribution >= 0.6 is 0 Å². The first-order chi connectivity index (χ1) is 10.4. The Morgan fingerprint density at radius 3 is 2.86 bits per heavy atom. The maximum atomic E-state index is 11.8. The second-order valence-corrected chi connectivity index (χ2v) is 7.21. The van der Waals surface area contributed by atoms with Crippen LogP contribution in [0.3, 0.4) is 0 Å². The van der Waals surface area contributed by atoms with E-state index in [9.17, 15) is 9.90 Å². The number of carbonyl (C=O) groups excluding carboxylic acids is 1. The summed E-state index contributed by atoms with van der Waals surface area (Å²) in [4.78, 5) is 11.8. The molecule has 0 spiro atoms. The van der Waals surface area contributed by atoms with Crippen molar-refractivity contribution in [3.8, 4) is 0 Å². The summed E-state index contributed by atoms with van der Waals surface area (Å²) in [5.74, 6) is 0.277. The largest absolute Gasteiger partial charge is 0.458 e. The Labute approximate surface area is 131 Å². The third kappa shape index (κ3) is 2.39. The predicted octanol–water partition coefficient (Wildman–Crippen LogP) is 2.24. The van der Waals surface area contributed by atoms with E-state index in [0.29, 0.717) is 24.5 Å². The average molecular weight is 310 g/mol. The highest BCUT2D eigenvalue weighted by atomic mass is 16.7. The molecule has 3 aliphatic rings. The monoisotopic (exact) mass is 310 g/mol. The summed E-state index contributed by atoms with van der Waals surface area (Å²) < 4.78 is 16.8. The van der Waals surface area contributed by atoms with Gasteiger partial charge in [-0.15, -0.1) is 0 Å². The number of hydrogen-bond donors (Lipinski definition) is 1. The van der Waals surface area contributed by atoms with E-state index in [4.69, 9.17) is 14.2 Å². The topological polar surface area (TPSA) is 65.0 Å². The Hall–Kier alpha value is -0.910. The van der Waals surface area contributed by atoms with Gasteiger partial charge in [0.1, 0.15) is 6.10 Å². The van der Waals surface area contributed by atoms with Crippen molar-refractivity contribution in [1.29, 1.82) is 0 Å². The van der Waals surface area contributed by atoms with Gasteiger partial charge >= 0.3 is 5.97 Å². The summed E-state index contributed by atoms with van der Waals surface area (Å²) in [7, 11) is 0. The lowest BCUT2D eigenvalue weighted by molar-refractivity contribution is -0.315. The molecule has 3 rings (SSSR count). The molecule has 3 fully saturated rings. The summed E-state index contributed by atoms with van der Waals surface area (Å²) in [5.41, 5.74) is 0.127. The minimum absolute atomic E-state index is 0.0214. The van der Waals surface area contributed by atoms with Gasteiger partial charge in [0.15, 0.2) is 12.6 Å². The number of rotatable bonds is 2. The van der Waals surface area contributed by atoms with Crippen molar-refractivity contribution < 1.29 is 24.1 Å². The Kier molecular flexibility index (Phi) is 4.08. The van der Waals surface area contributed by atoms with Crippen molar-refractivity contribution in [2.45, 2.75) is 58.7 Å². The molecule has 0 radical (unpaired) electrons. The molecule has 5 heteroatoms. The summed E-state index contributed by atoms with van der Waals surface area (Å²) in [6.07, 6.45) is 0.868. The predicted molar refractivity (Wildman–Crippen MR) is 79.6 cm³/mol. The standard InChI is InChI=1S/C17H26O5/c1-5-20-14-7-12-9(2)6-13-11(10(3)15(18)21-13)8-17(12,4)16(19)22-14/h9,11-14,16,19H,3,5-8H2,1-2,4H3. The van der Waals surface area contributed by atoms with Gasteiger partial charge in [-0.3, -0.25) is 0 Å². The van der Waals surface area contributed by atoms with Crippen LogP contribution in [0.15, 0.2) is 12.2 Å². The zero-order chi connectivity index (χ0) is 16.1. The molecule has 2 heterocycles. The number of fused-ring (bicyclic) bond motifs is 2. The van der Waals surface area contributed by atoms with Crippen LogP contribution in [0.4, 0.5) is 0 Å². The van der Waals surface area contributed by atoms with Gasteiger partial charge in [0.05, 0.1) is 0 Å². The van der Waals surface area contributed by atoms with Crippen LogP contribution in [0.1, 0.15) is 40.0 Å². The van der Waals surface area contributed by atoms with E-state index in [1.807, 2.05) is 6.92 Å². The highest BCUT2D eigenvalue weighted by Crippen LogP contribution is 2.55. The van der Waals surface area contributed by atoms with Crippen LogP contribution in [-0.2, 0) is 19.0 Å². The number of aliphatic hydroxyl groups excluding tert-OH is 1. The molecule has 1 N–H and O–H groups in total. The van der Waals surface area contributed by atoms with Gasteiger partial charge in [-0.1, -0.05) is 20.4 Å². The Bertz CT molecular complexity index is 476. The lowest BCUT2D eigenvalue weighted by Crippen LogP contribution is -2.51. The molecule has 7 atom stereocenters. The molecule has 2 aliphatic heterocycles. The molecular formula is C17H26O5. The van der Waals surface area contributed by atoms with Gasteiger partial charge in [0, 0.05) is 29.9 Å². The fourth-order valence-corrected chi connectivity index (χ4v) is 4.58. The SMILES string of the molecule is C=C1C(=O)OC2CC(C)C3CC(OCC)OC(O)C3(C)CC12. The molecule has 2 saturated heterocycles. The summed E-state index contributed by atoms with van der Waals surface area (Å²) in [5, 5.41) is 10.6. The maximum Gasteiger partial charge on any atom is 0.334 e. The number of aliphatic hydroxyl groups is 1. The minimum atomic E-state index is -0.896. The van der Waals surface area contributed by atoms with Crippen LogP contribution < -0.4 is 0 Å².